The van der Waals surface area contributed by atoms with Crippen molar-refractivity contribution in [2.75, 3.05) is 23.3 Å². The van der Waals surface area contributed by atoms with Gasteiger partial charge in [0.15, 0.2) is 5.65 Å². The number of aromatic nitrogens is 5. The summed E-state index contributed by atoms with van der Waals surface area (Å²) in [5, 5.41) is 7.83. The summed E-state index contributed by atoms with van der Waals surface area (Å²) in [5.74, 6) is 1.63. The van der Waals surface area contributed by atoms with Crippen molar-refractivity contribution in [1.29, 1.82) is 0 Å². The molecule has 26 heavy (non-hydrogen) atoms. The van der Waals surface area contributed by atoms with Crippen LogP contribution in [0.2, 0.25) is 0 Å². The Bertz CT molecular complexity index is 971. The first-order valence-electron chi connectivity index (χ1n) is 8.83. The van der Waals surface area contributed by atoms with Gasteiger partial charge in [-0.1, -0.05) is 0 Å². The molecule has 4 rings (SSSR count). The van der Waals surface area contributed by atoms with E-state index in [1.807, 2.05) is 18.2 Å². The maximum Gasteiger partial charge on any atom is 0.266 e. The van der Waals surface area contributed by atoms with Crippen LogP contribution in [0.1, 0.15) is 19.3 Å². The molecule has 8 heteroatoms. The fourth-order valence-corrected chi connectivity index (χ4v) is 3.33. The van der Waals surface area contributed by atoms with Gasteiger partial charge in [-0.15, -0.1) is 0 Å². The van der Waals surface area contributed by atoms with Crippen molar-refractivity contribution in [3.05, 3.63) is 47.0 Å². The number of nitrogens with one attached hydrogen (secondary N) is 1. The number of fused-ring (bicyclic) bond motifs is 1. The predicted octanol–water partition coefficient (Wildman–Crippen LogP) is 1.59. The molecule has 0 bridgehead atoms. The smallest absolute Gasteiger partial charge is 0.266 e. The first-order chi connectivity index (χ1) is 12.7. The molecule has 8 nitrogen and oxygen atoms in total. The second-order valence-electron chi connectivity index (χ2n) is 6.47. The highest BCUT2D eigenvalue weighted by molar-refractivity contribution is 5.71. The predicted molar refractivity (Wildman–Crippen MR) is 100 cm³/mol. The molecule has 0 radical (unpaired) electrons. The van der Waals surface area contributed by atoms with Crippen molar-refractivity contribution in [3.63, 3.8) is 0 Å². The normalized spacial score (nSPS) is 17.4. The summed E-state index contributed by atoms with van der Waals surface area (Å²) in [6.07, 6.45) is 6.70. The minimum absolute atomic E-state index is 0.0955. The molecule has 3 aromatic rings. The fraction of sp³-hybridized carbons (Fsp3) is 0.389. The molecule has 1 atom stereocenters. The van der Waals surface area contributed by atoms with Crippen LogP contribution in [-0.4, -0.2) is 43.9 Å². The van der Waals surface area contributed by atoms with Gasteiger partial charge in [0.05, 0.1) is 0 Å². The number of hydrogen-bond acceptors (Lipinski definition) is 7. The number of hydrogen-bond donors (Lipinski definition) is 1. The van der Waals surface area contributed by atoms with E-state index in [2.05, 4.69) is 30.3 Å². The average molecular weight is 351 g/mol. The summed E-state index contributed by atoms with van der Waals surface area (Å²) < 4.78 is 1.39. The molecule has 1 saturated heterocycles. The first kappa shape index (κ1) is 16.4. The lowest BCUT2D eigenvalue weighted by atomic mass is 10.0. The van der Waals surface area contributed by atoms with Crippen molar-refractivity contribution in [2.24, 2.45) is 7.05 Å². The van der Waals surface area contributed by atoms with Crippen molar-refractivity contribution in [1.82, 2.24) is 24.7 Å². The van der Waals surface area contributed by atoms with Gasteiger partial charge in [-0.2, -0.15) is 5.10 Å². The van der Waals surface area contributed by atoms with E-state index in [0.29, 0.717) is 11.7 Å². The van der Waals surface area contributed by atoms with E-state index in [9.17, 15) is 4.79 Å². The van der Waals surface area contributed by atoms with Crippen LogP contribution in [0, 0.1) is 0 Å². The average Bonchev–Trinajstić information content (AvgIpc) is 2.68. The van der Waals surface area contributed by atoms with Crippen LogP contribution < -0.4 is 15.8 Å². The van der Waals surface area contributed by atoms with Crippen molar-refractivity contribution < 1.29 is 0 Å². The van der Waals surface area contributed by atoms with Gasteiger partial charge >= 0.3 is 0 Å². The lowest BCUT2D eigenvalue weighted by Gasteiger charge is -2.36. The lowest BCUT2D eigenvalue weighted by Crippen LogP contribution is -2.45. The highest BCUT2D eigenvalue weighted by atomic mass is 16.1. The molecular formula is C18H21N7O. The summed E-state index contributed by atoms with van der Waals surface area (Å²) in [6, 6.07) is 7.53. The molecule has 3 aromatic heterocycles. The van der Waals surface area contributed by atoms with E-state index in [1.165, 1.54) is 11.1 Å². The molecule has 1 aliphatic rings. The highest BCUT2D eigenvalue weighted by Crippen LogP contribution is 2.23. The number of aryl methyl sites for hydroxylation is 1. The molecule has 1 fully saturated rings. The van der Waals surface area contributed by atoms with Gasteiger partial charge < -0.3 is 10.2 Å². The minimum Gasteiger partial charge on any atom is -0.368 e. The van der Waals surface area contributed by atoms with Crippen LogP contribution in [0.15, 0.2) is 41.5 Å². The van der Waals surface area contributed by atoms with E-state index in [0.717, 1.165) is 43.1 Å². The number of piperidine rings is 1. The zero-order valence-electron chi connectivity index (χ0n) is 14.7. The Hall–Kier alpha value is -3.03. The maximum atomic E-state index is 11.6. The Labute approximate surface area is 150 Å². The van der Waals surface area contributed by atoms with Crippen LogP contribution in [-0.2, 0) is 7.05 Å². The van der Waals surface area contributed by atoms with E-state index < -0.39 is 0 Å². The number of nitrogens with zero attached hydrogens (tertiary/aromatic N) is 6. The monoisotopic (exact) mass is 351 g/mol. The quantitative estimate of drug-likeness (QED) is 0.763. The van der Waals surface area contributed by atoms with Crippen LogP contribution in [0.25, 0.3) is 11.2 Å². The number of rotatable bonds is 4. The largest absolute Gasteiger partial charge is 0.368 e. The van der Waals surface area contributed by atoms with Gasteiger partial charge in [0, 0.05) is 44.6 Å². The zero-order valence-corrected chi connectivity index (χ0v) is 14.7. The molecule has 1 unspecified atom stereocenters. The fourth-order valence-electron chi connectivity index (χ4n) is 3.33. The second-order valence-corrected chi connectivity index (χ2v) is 6.47. The molecule has 0 amide bonds. The van der Waals surface area contributed by atoms with Crippen LogP contribution in [0.4, 0.5) is 11.6 Å². The summed E-state index contributed by atoms with van der Waals surface area (Å²) >= 11 is 0. The van der Waals surface area contributed by atoms with E-state index in [-0.39, 0.29) is 5.56 Å². The van der Waals surface area contributed by atoms with E-state index in [4.69, 9.17) is 0 Å². The van der Waals surface area contributed by atoms with Crippen LogP contribution in [0.5, 0.6) is 0 Å². The third kappa shape index (κ3) is 3.35. The van der Waals surface area contributed by atoms with Crippen molar-refractivity contribution in [3.8, 4) is 0 Å². The SMILES string of the molecule is Cn1nc(N2CCCCC2CNc2ccc3nccnc3n2)ccc1=O. The minimum atomic E-state index is -0.0955. The first-order valence-corrected chi connectivity index (χ1v) is 8.83. The Morgan fingerprint density at radius 2 is 2.04 bits per heavy atom. The molecule has 0 spiro atoms. The molecule has 134 valence electrons. The third-order valence-corrected chi connectivity index (χ3v) is 4.72. The maximum absolute atomic E-state index is 11.6. The molecule has 0 aromatic carbocycles. The van der Waals surface area contributed by atoms with Crippen LogP contribution >= 0.6 is 0 Å². The lowest BCUT2D eigenvalue weighted by molar-refractivity contribution is 0.464. The second kappa shape index (κ2) is 7.07. The molecule has 0 aliphatic carbocycles. The van der Waals surface area contributed by atoms with Crippen molar-refractivity contribution >= 4 is 22.8 Å². The third-order valence-electron chi connectivity index (χ3n) is 4.72. The van der Waals surface area contributed by atoms with Crippen molar-refractivity contribution in [2.45, 2.75) is 25.3 Å². The Morgan fingerprint density at radius 3 is 2.92 bits per heavy atom. The molecule has 0 saturated carbocycles. The Morgan fingerprint density at radius 1 is 1.15 bits per heavy atom. The summed E-state index contributed by atoms with van der Waals surface area (Å²) in [7, 11) is 1.68. The highest BCUT2D eigenvalue weighted by Gasteiger charge is 2.24. The molecule has 4 heterocycles. The van der Waals surface area contributed by atoms with Gasteiger partial charge in [-0.05, 0) is 37.5 Å². The van der Waals surface area contributed by atoms with Crippen LogP contribution in [0.3, 0.4) is 0 Å². The Balaban J connectivity index is 1.50. The van der Waals surface area contributed by atoms with E-state index in [1.54, 1.807) is 25.5 Å². The summed E-state index contributed by atoms with van der Waals surface area (Å²) in [5.41, 5.74) is 1.33. The summed E-state index contributed by atoms with van der Waals surface area (Å²) in [6.45, 7) is 1.69. The number of pyridine rings is 1. The zero-order chi connectivity index (χ0) is 17.9. The molecular weight excluding hydrogens is 330 g/mol. The van der Waals surface area contributed by atoms with Gasteiger partial charge in [0.25, 0.3) is 5.56 Å². The Kier molecular flexibility index (Phi) is 4.47. The summed E-state index contributed by atoms with van der Waals surface area (Å²) in [4.78, 5) is 26.9. The van der Waals surface area contributed by atoms with E-state index >= 15 is 0 Å². The molecule has 1 N–H and O–H groups in total. The number of anilines is 2. The topological polar surface area (TPSA) is 88.8 Å². The van der Waals surface area contributed by atoms with Gasteiger partial charge in [0.1, 0.15) is 17.2 Å². The van der Waals surface area contributed by atoms with Gasteiger partial charge in [-0.3, -0.25) is 9.78 Å². The van der Waals surface area contributed by atoms with Gasteiger partial charge in [0.2, 0.25) is 0 Å². The van der Waals surface area contributed by atoms with Gasteiger partial charge in [-0.25, -0.2) is 14.6 Å². The standard InChI is InChI=1S/C18H21N7O/c1-24-17(26)8-7-16(23-24)25-11-3-2-4-13(25)12-21-15-6-5-14-18(22-15)20-10-9-19-14/h5-10,13H,2-4,11-12H2,1H3,(H,20,21,22). The molecule has 1 aliphatic heterocycles.